The van der Waals surface area contributed by atoms with Gasteiger partial charge in [0, 0.05) is 60.3 Å². The minimum absolute atomic E-state index is 0.0158. The summed E-state index contributed by atoms with van der Waals surface area (Å²) < 4.78 is 5.45. The number of rotatable bonds is 11. The van der Waals surface area contributed by atoms with Gasteiger partial charge in [-0.1, -0.05) is 48.5 Å². The lowest BCUT2D eigenvalue weighted by molar-refractivity contribution is -0.385. The third kappa shape index (κ3) is 8.54. The largest absolute Gasteiger partial charge is 0.379 e. The Bertz CT molecular complexity index is 1240. The van der Waals surface area contributed by atoms with E-state index in [1.165, 1.54) is 17.2 Å². The molecule has 4 rings (SSSR count). The molecule has 0 bridgehead atoms. The molecule has 0 atom stereocenters. The highest BCUT2D eigenvalue weighted by atomic mass is 32.2. The van der Waals surface area contributed by atoms with Crippen LogP contribution in [0.25, 0.3) is 0 Å². The van der Waals surface area contributed by atoms with E-state index < -0.39 is 0 Å². The molecule has 0 saturated carbocycles. The smallest absolute Gasteiger partial charge is 0.322 e. The first-order valence-electron chi connectivity index (χ1n) is 13.4. The summed E-state index contributed by atoms with van der Waals surface area (Å²) >= 11 is 1.55. The molecule has 0 unspecified atom stereocenters. The summed E-state index contributed by atoms with van der Waals surface area (Å²) in [6.45, 7) is 9.00. The van der Waals surface area contributed by atoms with Crippen LogP contribution in [0.1, 0.15) is 30.0 Å². The van der Waals surface area contributed by atoms with Gasteiger partial charge >= 0.3 is 6.03 Å². The summed E-state index contributed by atoms with van der Waals surface area (Å²) in [5.41, 5.74) is 3.85. The van der Waals surface area contributed by atoms with Gasteiger partial charge in [0.15, 0.2) is 0 Å². The predicted molar refractivity (Wildman–Crippen MR) is 156 cm³/mol. The number of benzene rings is 3. The van der Waals surface area contributed by atoms with Crippen LogP contribution < -0.4 is 5.32 Å². The van der Waals surface area contributed by atoms with Crippen molar-refractivity contribution in [2.75, 3.05) is 44.7 Å². The van der Waals surface area contributed by atoms with E-state index in [1.807, 2.05) is 55.5 Å². The summed E-state index contributed by atoms with van der Waals surface area (Å²) in [6.07, 6.45) is 1.72. The van der Waals surface area contributed by atoms with Crippen molar-refractivity contribution >= 4 is 29.2 Å². The van der Waals surface area contributed by atoms with E-state index in [1.54, 1.807) is 28.8 Å². The quantitative estimate of drug-likeness (QED) is 0.221. The van der Waals surface area contributed by atoms with Crippen LogP contribution in [0, 0.1) is 17.0 Å². The van der Waals surface area contributed by atoms with E-state index in [-0.39, 0.29) is 23.2 Å². The van der Waals surface area contributed by atoms with Crippen molar-refractivity contribution < 1.29 is 14.5 Å². The molecule has 3 aromatic rings. The van der Waals surface area contributed by atoms with Crippen molar-refractivity contribution in [3.63, 3.8) is 0 Å². The molecule has 2 amide bonds. The highest BCUT2D eigenvalue weighted by Gasteiger charge is 2.20. The maximum absolute atomic E-state index is 13.5. The second-order valence-electron chi connectivity index (χ2n) is 9.67. The highest BCUT2D eigenvalue weighted by molar-refractivity contribution is 7.99. The number of nitro groups is 1. The second-order valence-corrected chi connectivity index (χ2v) is 10.8. The third-order valence-electron chi connectivity index (χ3n) is 6.77. The van der Waals surface area contributed by atoms with Gasteiger partial charge in [0.05, 0.1) is 18.1 Å². The van der Waals surface area contributed by atoms with Crippen LogP contribution in [0.4, 0.5) is 16.2 Å². The summed E-state index contributed by atoms with van der Waals surface area (Å²) in [6, 6.07) is 20.7. The molecule has 0 spiro atoms. The first-order valence-corrected chi connectivity index (χ1v) is 14.2. The molecule has 1 fully saturated rings. The Labute approximate surface area is 234 Å². The number of amides is 2. The molecule has 8 nitrogen and oxygen atoms in total. The molecule has 206 valence electrons. The number of nitro benzene ring substituents is 1. The number of carbonyl (C=O) groups excluding carboxylic acids is 1. The topological polar surface area (TPSA) is 88.0 Å². The van der Waals surface area contributed by atoms with E-state index in [0.29, 0.717) is 6.54 Å². The Balaban J connectivity index is 1.55. The fraction of sp³-hybridized carbons (Fsp3) is 0.367. The average molecular weight is 549 g/mol. The number of anilines is 1. The molecule has 1 aliphatic rings. The zero-order valence-electron chi connectivity index (χ0n) is 22.6. The lowest BCUT2D eigenvalue weighted by Crippen LogP contribution is -2.40. The number of nitrogens with one attached hydrogen (secondary N) is 1. The Hall–Kier alpha value is -3.40. The monoisotopic (exact) mass is 548 g/mol. The van der Waals surface area contributed by atoms with Crippen molar-refractivity contribution in [2.45, 2.75) is 43.0 Å². The first-order chi connectivity index (χ1) is 18.9. The van der Waals surface area contributed by atoms with Crippen molar-refractivity contribution in [3.8, 4) is 0 Å². The highest BCUT2D eigenvalue weighted by Crippen LogP contribution is 2.33. The normalized spacial score (nSPS) is 13.7. The molecule has 1 saturated heterocycles. The summed E-state index contributed by atoms with van der Waals surface area (Å²) in [7, 11) is 0. The number of ether oxygens (including phenoxy) is 1. The number of aryl methyl sites for hydroxylation is 2. The number of morpholine rings is 1. The van der Waals surface area contributed by atoms with Crippen LogP contribution in [-0.4, -0.2) is 60.1 Å². The fourth-order valence-corrected chi connectivity index (χ4v) is 5.35. The molecule has 0 radical (unpaired) electrons. The van der Waals surface area contributed by atoms with Gasteiger partial charge < -0.3 is 15.0 Å². The number of non-ortho nitro benzene ring substituents is 1. The van der Waals surface area contributed by atoms with Crippen LogP contribution in [0.2, 0.25) is 0 Å². The maximum Gasteiger partial charge on any atom is 0.322 e. The molecular formula is C30H36N4O4S. The van der Waals surface area contributed by atoms with Crippen LogP contribution in [0.5, 0.6) is 0 Å². The SMILES string of the molecule is CCc1ccc(NC(=O)N(CCCN2CCOCC2)Cc2cc([N+](=O)[O-])ccc2Sc2ccc(C)cc2)cc1. The van der Waals surface area contributed by atoms with Crippen molar-refractivity contribution in [1.82, 2.24) is 9.80 Å². The molecule has 1 N–H and O–H groups in total. The standard InChI is InChI=1S/C30H36N4O4S/c1-3-24-7-9-26(10-8-24)31-30(35)33(16-4-15-32-17-19-38-20-18-32)22-25-21-27(34(36)37)11-14-29(25)39-28-12-5-23(2)6-13-28/h5-14,21H,3-4,15-20,22H2,1-2H3,(H,31,35). The van der Waals surface area contributed by atoms with Gasteiger partial charge in [0.25, 0.3) is 5.69 Å². The molecule has 39 heavy (non-hydrogen) atoms. The van der Waals surface area contributed by atoms with E-state index in [0.717, 1.165) is 66.7 Å². The fourth-order valence-electron chi connectivity index (χ4n) is 4.43. The predicted octanol–water partition coefficient (Wildman–Crippen LogP) is 6.37. The van der Waals surface area contributed by atoms with Crippen molar-refractivity contribution in [2.24, 2.45) is 0 Å². The zero-order valence-corrected chi connectivity index (χ0v) is 23.4. The number of hydrogen-bond donors (Lipinski definition) is 1. The summed E-state index contributed by atoms with van der Waals surface area (Å²) in [5.74, 6) is 0. The molecule has 1 heterocycles. The van der Waals surface area contributed by atoms with Gasteiger partial charge in [0.1, 0.15) is 0 Å². The second kappa shape index (κ2) is 14.1. The van der Waals surface area contributed by atoms with Crippen LogP contribution in [0.15, 0.2) is 76.5 Å². The zero-order chi connectivity index (χ0) is 27.6. The van der Waals surface area contributed by atoms with Gasteiger partial charge in [-0.05, 0) is 61.2 Å². The molecule has 1 aliphatic heterocycles. The molecule has 0 aromatic heterocycles. The molecular weight excluding hydrogens is 512 g/mol. The van der Waals surface area contributed by atoms with Crippen LogP contribution >= 0.6 is 11.8 Å². The summed E-state index contributed by atoms with van der Waals surface area (Å²) in [5, 5.41) is 14.6. The van der Waals surface area contributed by atoms with Crippen molar-refractivity contribution in [3.05, 3.63) is 93.5 Å². The summed E-state index contributed by atoms with van der Waals surface area (Å²) in [4.78, 5) is 30.8. The Morgan fingerprint density at radius 3 is 2.46 bits per heavy atom. The van der Waals surface area contributed by atoms with Gasteiger partial charge in [-0.15, -0.1) is 0 Å². The number of carbonyl (C=O) groups is 1. The average Bonchev–Trinajstić information content (AvgIpc) is 2.95. The van der Waals surface area contributed by atoms with Crippen molar-refractivity contribution in [1.29, 1.82) is 0 Å². The minimum atomic E-state index is -0.387. The van der Waals surface area contributed by atoms with Gasteiger partial charge in [-0.3, -0.25) is 15.0 Å². The maximum atomic E-state index is 13.5. The Kier molecular flexibility index (Phi) is 10.4. The first kappa shape index (κ1) is 28.6. The van der Waals surface area contributed by atoms with E-state index in [9.17, 15) is 14.9 Å². The van der Waals surface area contributed by atoms with E-state index >= 15 is 0 Å². The van der Waals surface area contributed by atoms with Crippen LogP contribution in [-0.2, 0) is 17.7 Å². The molecule has 3 aromatic carbocycles. The van der Waals surface area contributed by atoms with E-state index in [4.69, 9.17) is 4.74 Å². The van der Waals surface area contributed by atoms with Gasteiger partial charge in [-0.25, -0.2) is 4.79 Å². The minimum Gasteiger partial charge on any atom is -0.379 e. The van der Waals surface area contributed by atoms with Crippen LogP contribution in [0.3, 0.4) is 0 Å². The van der Waals surface area contributed by atoms with E-state index in [2.05, 4.69) is 17.1 Å². The lowest BCUT2D eigenvalue weighted by atomic mass is 10.1. The molecule has 0 aliphatic carbocycles. The molecule has 9 heteroatoms. The lowest BCUT2D eigenvalue weighted by Gasteiger charge is -2.29. The number of urea groups is 1. The number of hydrogen-bond acceptors (Lipinski definition) is 6. The Morgan fingerprint density at radius 1 is 1.08 bits per heavy atom. The number of nitrogens with zero attached hydrogens (tertiary/aromatic N) is 3. The van der Waals surface area contributed by atoms with Gasteiger partial charge in [-0.2, -0.15) is 0 Å². The third-order valence-corrected chi connectivity index (χ3v) is 7.90. The Morgan fingerprint density at radius 2 is 1.79 bits per heavy atom. The van der Waals surface area contributed by atoms with Gasteiger partial charge in [0.2, 0.25) is 0 Å².